The third-order valence-electron chi connectivity index (χ3n) is 7.69. The predicted octanol–water partition coefficient (Wildman–Crippen LogP) is 5.37. The Balaban J connectivity index is 1.23. The number of carbonyl (C=O) groups excluding carboxylic acids is 2. The summed E-state index contributed by atoms with van der Waals surface area (Å²) in [6.45, 7) is 1.85. The largest absolute Gasteiger partial charge is 0.493 e. The summed E-state index contributed by atoms with van der Waals surface area (Å²) < 4.78 is 63.1. The topological polar surface area (TPSA) is 144 Å². The third kappa shape index (κ3) is 8.20. The van der Waals surface area contributed by atoms with Gasteiger partial charge in [-0.15, -0.1) is 0 Å². The number of nitrogens with zero attached hydrogens (tertiary/aromatic N) is 3. The molecule has 4 aromatic rings. The molecule has 1 aliphatic rings. The zero-order chi connectivity index (χ0) is 33.7. The zero-order valence-electron chi connectivity index (χ0n) is 25.7. The number of likely N-dealkylation sites (tertiary alicyclic amines) is 1. The Morgan fingerprint density at radius 2 is 1.79 bits per heavy atom. The molecule has 1 fully saturated rings. The maximum atomic E-state index is 14.2. The van der Waals surface area contributed by atoms with Gasteiger partial charge in [0.1, 0.15) is 11.6 Å². The standard InChI is InChI=1S/C33H33F2N5O6S/c1-45-30-18-26(47(2,43)44)8-10-29(30)46-31-11-6-21(19-37-31)20-39-14-12-24(13-15-39)40(25-5-3-4-22(34)16-25)33(42)38-23-7-9-28(35)27(17-23)32(36)41/h3-11,16-19,24H,12-15,20H2,1-2H3,(H2,36,41)(H,38,42). The second-order valence-electron chi connectivity index (χ2n) is 11.0. The molecule has 2 heterocycles. The number of benzene rings is 3. The van der Waals surface area contributed by atoms with Gasteiger partial charge in [-0.05, 0) is 66.9 Å². The number of carbonyl (C=O) groups is 2. The van der Waals surface area contributed by atoms with Gasteiger partial charge in [-0.2, -0.15) is 0 Å². The minimum Gasteiger partial charge on any atom is -0.493 e. The van der Waals surface area contributed by atoms with Crippen LogP contribution in [0.2, 0.25) is 0 Å². The van der Waals surface area contributed by atoms with Crippen LogP contribution >= 0.6 is 0 Å². The molecule has 0 aliphatic carbocycles. The molecule has 246 valence electrons. The number of hydrogen-bond acceptors (Lipinski definition) is 8. The molecule has 0 bridgehead atoms. The Labute approximate surface area is 270 Å². The molecular formula is C33H33F2N5O6S. The highest BCUT2D eigenvalue weighted by Crippen LogP contribution is 2.33. The highest BCUT2D eigenvalue weighted by molar-refractivity contribution is 7.90. The summed E-state index contributed by atoms with van der Waals surface area (Å²) in [6.07, 6.45) is 3.96. The van der Waals surface area contributed by atoms with Gasteiger partial charge in [0.05, 0.1) is 17.6 Å². The predicted molar refractivity (Wildman–Crippen MR) is 172 cm³/mol. The van der Waals surface area contributed by atoms with Gasteiger partial charge in [-0.1, -0.05) is 12.1 Å². The Morgan fingerprint density at radius 3 is 2.43 bits per heavy atom. The van der Waals surface area contributed by atoms with E-state index in [-0.39, 0.29) is 27.9 Å². The summed E-state index contributed by atoms with van der Waals surface area (Å²) in [5.74, 6) is -1.38. The van der Waals surface area contributed by atoms with Crippen LogP contribution in [0.5, 0.6) is 17.4 Å². The monoisotopic (exact) mass is 665 g/mol. The molecule has 0 atom stereocenters. The number of hydrogen-bond donors (Lipinski definition) is 2. The van der Waals surface area contributed by atoms with Gasteiger partial charge < -0.3 is 20.5 Å². The maximum absolute atomic E-state index is 14.2. The Bertz CT molecular complexity index is 1880. The molecule has 1 aromatic heterocycles. The van der Waals surface area contributed by atoms with Crippen molar-refractivity contribution in [2.75, 3.05) is 36.7 Å². The molecule has 1 saturated heterocycles. The molecule has 14 heteroatoms. The van der Waals surface area contributed by atoms with Crippen LogP contribution in [0.3, 0.4) is 0 Å². The van der Waals surface area contributed by atoms with Gasteiger partial charge in [-0.25, -0.2) is 27.0 Å². The highest BCUT2D eigenvalue weighted by Gasteiger charge is 2.30. The van der Waals surface area contributed by atoms with E-state index in [1.54, 1.807) is 18.3 Å². The number of anilines is 2. The van der Waals surface area contributed by atoms with E-state index in [1.165, 1.54) is 54.5 Å². The fraction of sp³-hybridized carbons (Fsp3) is 0.242. The van der Waals surface area contributed by atoms with Gasteiger partial charge in [0, 0.05) is 61.6 Å². The summed E-state index contributed by atoms with van der Waals surface area (Å²) in [5.41, 5.74) is 6.36. The molecule has 1 aliphatic heterocycles. The number of pyridine rings is 1. The van der Waals surface area contributed by atoms with Gasteiger partial charge in [0.15, 0.2) is 21.3 Å². The number of ether oxygens (including phenoxy) is 2. The smallest absolute Gasteiger partial charge is 0.326 e. The van der Waals surface area contributed by atoms with E-state index in [0.717, 1.165) is 24.0 Å². The first-order valence-electron chi connectivity index (χ1n) is 14.6. The number of nitrogens with one attached hydrogen (secondary N) is 1. The normalized spacial score (nSPS) is 14.0. The fourth-order valence-corrected chi connectivity index (χ4v) is 5.97. The Hall–Kier alpha value is -5.08. The van der Waals surface area contributed by atoms with Crippen molar-refractivity contribution in [3.8, 4) is 17.4 Å². The average Bonchev–Trinajstić information content (AvgIpc) is 3.03. The van der Waals surface area contributed by atoms with Gasteiger partial charge in [-0.3, -0.25) is 14.6 Å². The van der Waals surface area contributed by atoms with Crippen LogP contribution in [-0.4, -0.2) is 62.7 Å². The van der Waals surface area contributed by atoms with E-state index in [1.807, 2.05) is 6.07 Å². The van der Waals surface area contributed by atoms with Crippen molar-refractivity contribution in [1.82, 2.24) is 9.88 Å². The number of urea groups is 1. The van der Waals surface area contributed by atoms with E-state index < -0.39 is 33.4 Å². The number of primary amides is 1. The lowest BCUT2D eigenvalue weighted by Crippen LogP contribution is -2.49. The molecule has 0 radical (unpaired) electrons. The molecule has 3 amide bonds. The van der Waals surface area contributed by atoms with Gasteiger partial charge in [0.25, 0.3) is 5.91 Å². The van der Waals surface area contributed by atoms with Crippen molar-refractivity contribution in [3.63, 3.8) is 0 Å². The molecule has 3 N–H and O–H groups in total. The van der Waals surface area contributed by atoms with Crippen molar-refractivity contribution in [2.45, 2.75) is 30.3 Å². The van der Waals surface area contributed by atoms with Crippen LogP contribution in [0.4, 0.5) is 25.0 Å². The average molecular weight is 666 g/mol. The van der Waals surface area contributed by atoms with E-state index in [4.69, 9.17) is 15.2 Å². The Morgan fingerprint density at radius 1 is 1.02 bits per heavy atom. The van der Waals surface area contributed by atoms with Crippen LogP contribution < -0.4 is 25.4 Å². The lowest BCUT2D eigenvalue weighted by molar-refractivity contribution is 0.0996. The highest BCUT2D eigenvalue weighted by atomic mass is 32.2. The van der Waals surface area contributed by atoms with Crippen molar-refractivity contribution < 1.29 is 36.3 Å². The lowest BCUT2D eigenvalue weighted by atomic mass is 10.0. The Kier molecular flexibility index (Phi) is 10.0. The van der Waals surface area contributed by atoms with Crippen LogP contribution in [0.15, 0.2) is 83.9 Å². The van der Waals surface area contributed by atoms with E-state index in [2.05, 4.69) is 15.2 Å². The van der Waals surface area contributed by atoms with Crippen molar-refractivity contribution >= 4 is 33.2 Å². The summed E-state index contributed by atoms with van der Waals surface area (Å²) >= 11 is 0. The summed E-state index contributed by atoms with van der Waals surface area (Å²) in [7, 11) is -1.99. The summed E-state index contributed by atoms with van der Waals surface area (Å²) in [6, 6.07) is 16.3. The van der Waals surface area contributed by atoms with Crippen LogP contribution in [0.25, 0.3) is 0 Å². The number of methoxy groups -OCH3 is 1. The van der Waals surface area contributed by atoms with Crippen LogP contribution in [-0.2, 0) is 16.4 Å². The summed E-state index contributed by atoms with van der Waals surface area (Å²) in [4.78, 5) is 33.3. The number of amides is 3. The van der Waals surface area contributed by atoms with Crippen molar-refractivity contribution in [2.24, 2.45) is 5.73 Å². The first kappa shape index (κ1) is 33.3. The first-order chi connectivity index (χ1) is 22.4. The van der Waals surface area contributed by atoms with E-state index in [9.17, 15) is 26.8 Å². The zero-order valence-corrected chi connectivity index (χ0v) is 26.5. The van der Waals surface area contributed by atoms with Gasteiger partial charge >= 0.3 is 6.03 Å². The third-order valence-corrected chi connectivity index (χ3v) is 8.80. The maximum Gasteiger partial charge on any atom is 0.326 e. The second-order valence-corrected chi connectivity index (χ2v) is 13.1. The fourth-order valence-electron chi connectivity index (χ4n) is 5.33. The molecule has 47 heavy (non-hydrogen) atoms. The molecule has 0 spiro atoms. The molecule has 5 rings (SSSR count). The number of sulfone groups is 1. The number of aromatic nitrogens is 1. The van der Waals surface area contributed by atoms with Crippen molar-refractivity contribution in [3.05, 3.63) is 102 Å². The quantitative estimate of drug-likeness (QED) is 0.230. The SMILES string of the molecule is COc1cc(S(C)(=O)=O)ccc1Oc1ccc(CN2CCC(N(C(=O)Nc3ccc(F)c(C(N)=O)c3)c3cccc(F)c3)CC2)cn1. The minimum absolute atomic E-state index is 0.111. The first-order valence-corrected chi connectivity index (χ1v) is 16.5. The molecule has 11 nitrogen and oxygen atoms in total. The van der Waals surface area contributed by atoms with Gasteiger partial charge in [0.2, 0.25) is 5.88 Å². The summed E-state index contributed by atoms with van der Waals surface area (Å²) in [5, 5.41) is 2.69. The minimum atomic E-state index is -3.41. The van der Waals surface area contributed by atoms with E-state index in [0.29, 0.717) is 49.8 Å². The lowest BCUT2D eigenvalue weighted by Gasteiger charge is -2.38. The number of piperidine rings is 1. The molecule has 0 unspecified atom stereocenters. The molecule has 0 saturated carbocycles. The molecular weight excluding hydrogens is 632 g/mol. The van der Waals surface area contributed by atoms with Crippen molar-refractivity contribution in [1.29, 1.82) is 0 Å². The molecule has 3 aromatic carbocycles. The number of nitrogens with two attached hydrogens (primary N) is 1. The van der Waals surface area contributed by atoms with E-state index >= 15 is 0 Å². The van der Waals surface area contributed by atoms with Crippen LogP contribution in [0, 0.1) is 11.6 Å². The van der Waals surface area contributed by atoms with Crippen LogP contribution in [0.1, 0.15) is 28.8 Å². The number of rotatable bonds is 10. The number of halogens is 2. The second kappa shape index (κ2) is 14.1.